The molecule has 0 atom stereocenters. The van der Waals surface area contributed by atoms with Crippen LogP contribution in [0.4, 0.5) is 0 Å². The van der Waals surface area contributed by atoms with E-state index in [0.717, 1.165) is 46.1 Å². The molecule has 1 aliphatic rings. The van der Waals surface area contributed by atoms with Crippen molar-refractivity contribution in [2.75, 3.05) is 7.11 Å². The van der Waals surface area contributed by atoms with Crippen LogP contribution in [0, 0.1) is 0 Å². The number of benzene rings is 2. The number of aromatic nitrogens is 1. The lowest BCUT2D eigenvalue weighted by molar-refractivity contribution is 0.0538. The summed E-state index contributed by atoms with van der Waals surface area (Å²) < 4.78 is 0. The van der Waals surface area contributed by atoms with Crippen LogP contribution in [0.5, 0.6) is 0 Å². The molecule has 2 aromatic carbocycles. The fourth-order valence-corrected chi connectivity index (χ4v) is 3.79. The molecule has 27 heavy (non-hydrogen) atoms. The molecule has 1 aromatic heterocycles. The summed E-state index contributed by atoms with van der Waals surface area (Å²) in [7, 11) is 1.43. The van der Waals surface area contributed by atoms with Gasteiger partial charge in [0.05, 0.1) is 33.9 Å². The van der Waals surface area contributed by atoms with Crippen molar-refractivity contribution >= 4 is 51.7 Å². The Kier molecular flexibility index (Phi) is 4.87. The summed E-state index contributed by atoms with van der Waals surface area (Å²) in [6.07, 6.45) is 3.59. The number of hydrogen-bond donors (Lipinski definition) is 1. The van der Waals surface area contributed by atoms with E-state index >= 15 is 0 Å². The minimum Gasteiger partial charge on any atom is -0.277 e. The quantitative estimate of drug-likeness (QED) is 0.607. The van der Waals surface area contributed by atoms with Crippen LogP contribution in [0.15, 0.2) is 42.5 Å². The standard InChI is InChI=1S/C21H16Cl2N2O2/c1-27-25-21(26)19-14-4-2-3-5-18(14)24-20-13(7-8-15(19)20)10-12-6-9-16(22)17(23)11-12/h2-6,9-11H,7-8H2,1H3,(H,25,26)/b13-10-. The number of hydrogen-bond acceptors (Lipinski definition) is 3. The molecule has 4 rings (SSSR count). The van der Waals surface area contributed by atoms with E-state index in [0.29, 0.717) is 15.6 Å². The van der Waals surface area contributed by atoms with Crippen molar-refractivity contribution < 1.29 is 9.63 Å². The Bertz CT molecular complexity index is 1090. The highest BCUT2D eigenvalue weighted by Crippen LogP contribution is 2.38. The number of nitrogens with one attached hydrogen (secondary N) is 1. The molecule has 1 aliphatic carbocycles. The van der Waals surface area contributed by atoms with E-state index in [1.807, 2.05) is 42.5 Å². The van der Waals surface area contributed by atoms with Crippen LogP contribution in [-0.4, -0.2) is 18.0 Å². The molecule has 0 bridgehead atoms. The van der Waals surface area contributed by atoms with Gasteiger partial charge in [0.15, 0.2) is 0 Å². The Morgan fingerprint density at radius 1 is 1.15 bits per heavy atom. The smallest absolute Gasteiger partial charge is 0.275 e. The lowest BCUT2D eigenvalue weighted by Gasteiger charge is -2.12. The number of carbonyl (C=O) groups is 1. The first-order valence-electron chi connectivity index (χ1n) is 8.49. The first kappa shape index (κ1) is 18.0. The summed E-state index contributed by atoms with van der Waals surface area (Å²) in [5.74, 6) is -0.261. The topological polar surface area (TPSA) is 51.2 Å². The Morgan fingerprint density at radius 2 is 1.96 bits per heavy atom. The van der Waals surface area contributed by atoms with Gasteiger partial charge in [-0.1, -0.05) is 47.5 Å². The van der Waals surface area contributed by atoms with E-state index in [1.54, 1.807) is 6.07 Å². The number of hydroxylamine groups is 1. The third kappa shape index (κ3) is 3.32. The second-order valence-corrected chi connectivity index (χ2v) is 7.12. The Labute approximate surface area is 166 Å². The number of carbonyl (C=O) groups excluding carboxylic acids is 1. The highest BCUT2D eigenvalue weighted by atomic mass is 35.5. The number of rotatable bonds is 3. The normalized spacial score (nSPS) is 14.6. The third-order valence-corrected chi connectivity index (χ3v) is 5.39. The Morgan fingerprint density at radius 3 is 2.74 bits per heavy atom. The first-order valence-corrected chi connectivity index (χ1v) is 9.25. The van der Waals surface area contributed by atoms with Crippen LogP contribution in [-0.2, 0) is 11.3 Å². The second kappa shape index (κ2) is 7.31. The molecule has 4 nitrogen and oxygen atoms in total. The molecule has 6 heteroatoms. The summed E-state index contributed by atoms with van der Waals surface area (Å²) in [6.45, 7) is 0. The number of nitrogens with zero attached hydrogens (tertiary/aromatic N) is 1. The molecule has 136 valence electrons. The second-order valence-electron chi connectivity index (χ2n) is 6.31. The Hall–Kier alpha value is -2.40. The van der Waals surface area contributed by atoms with Crippen molar-refractivity contribution in [2.24, 2.45) is 0 Å². The van der Waals surface area contributed by atoms with Gasteiger partial charge in [-0.15, -0.1) is 0 Å². The van der Waals surface area contributed by atoms with Gasteiger partial charge in [-0.25, -0.2) is 10.5 Å². The van der Waals surface area contributed by atoms with Gasteiger partial charge in [-0.05, 0) is 53.8 Å². The molecule has 0 saturated heterocycles. The van der Waals surface area contributed by atoms with E-state index in [9.17, 15) is 4.79 Å². The van der Waals surface area contributed by atoms with Gasteiger partial charge in [0.2, 0.25) is 0 Å². The van der Waals surface area contributed by atoms with Gasteiger partial charge < -0.3 is 0 Å². The highest BCUT2D eigenvalue weighted by Gasteiger charge is 2.26. The molecule has 0 saturated carbocycles. The number of pyridine rings is 1. The number of fused-ring (bicyclic) bond motifs is 2. The van der Waals surface area contributed by atoms with Crippen LogP contribution < -0.4 is 5.48 Å². The molecular formula is C21H16Cl2N2O2. The number of allylic oxidation sites excluding steroid dienone is 1. The molecule has 0 spiro atoms. The summed E-state index contributed by atoms with van der Waals surface area (Å²) >= 11 is 12.1. The zero-order chi connectivity index (χ0) is 19.0. The summed E-state index contributed by atoms with van der Waals surface area (Å²) in [6, 6.07) is 13.2. The SMILES string of the molecule is CONC(=O)c1c2c(nc3ccccc13)/C(=C\c1ccc(Cl)c(Cl)c1)CC2. The molecular weight excluding hydrogens is 383 g/mol. The molecule has 1 amide bonds. The number of halogens is 2. The van der Waals surface area contributed by atoms with Gasteiger partial charge in [0, 0.05) is 5.39 Å². The van der Waals surface area contributed by atoms with Crippen molar-refractivity contribution in [2.45, 2.75) is 12.8 Å². The monoisotopic (exact) mass is 398 g/mol. The molecule has 0 radical (unpaired) electrons. The molecule has 0 unspecified atom stereocenters. The van der Waals surface area contributed by atoms with E-state index in [2.05, 4.69) is 5.48 Å². The van der Waals surface area contributed by atoms with Crippen molar-refractivity contribution in [1.82, 2.24) is 10.5 Å². The average Bonchev–Trinajstić information content (AvgIpc) is 3.05. The first-order chi connectivity index (χ1) is 13.1. The fourth-order valence-electron chi connectivity index (χ4n) is 3.49. The van der Waals surface area contributed by atoms with Crippen LogP contribution in [0.3, 0.4) is 0 Å². The molecule has 0 fully saturated rings. The molecule has 0 aliphatic heterocycles. The van der Waals surface area contributed by atoms with Gasteiger partial charge in [-0.3, -0.25) is 9.63 Å². The molecule has 3 aromatic rings. The summed E-state index contributed by atoms with van der Waals surface area (Å²) in [5.41, 5.74) is 7.65. The predicted molar refractivity (Wildman–Crippen MR) is 109 cm³/mol. The summed E-state index contributed by atoms with van der Waals surface area (Å²) in [5, 5.41) is 1.85. The van der Waals surface area contributed by atoms with E-state index in [4.69, 9.17) is 33.0 Å². The largest absolute Gasteiger partial charge is 0.277 e. The number of para-hydroxylation sites is 1. The Balaban J connectivity index is 1.89. The minimum atomic E-state index is -0.261. The zero-order valence-electron chi connectivity index (χ0n) is 14.6. The van der Waals surface area contributed by atoms with Crippen molar-refractivity contribution in [1.29, 1.82) is 0 Å². The third-order valence-electron chi connectivity index (χ3n) is 4.65. The maximum absolute atomic E-state index is 12.7. The molecule has 1 N–H and O–H groups in total. The van der Waals surface area contributed by atoms with E-state index in [-0.39, 0.29) is 5.91 Å². The fraction of sp³-hybridized carbons (Fsp3) is 0.143. The van der Waals surface area contributed by atoms with Crippen LogP contribution in [0.1, 0.15) is 33.6 Å². The van der Waals surface area contributed by atoms with Crippen molar-refractivity contribution in [3.05, 3.63) is 74.9 Å². The summed E-state index contributed by atoms with van der Waals surface area (Å²) in [4.78, 5) is 22.3. The van der Waals surface area contributed by atoms with E-state index < -0.39 is 0 Å². The highest BCUT2D eigenvalue weighted by molar-refractivity contribution is 6.42. The number of amides is 1. The average molecular weight is 399 g/mol. The minimum absolute atomic E-state index is 0.261. The van der Waals surface area contributed by atoms with Gasteiger partial charge in [-0.2, -0.15) is 0 Å². The molecule has 1 heterocycles. The van der Waals surface area contributed by atoms with Crippen LogP contribution in [0.25, 0.3) is 22.6 Å². The maximum atomic E-state index is 12.7. The van der Waals surface area contributed by atoms with Crippen LogP contribution in [0.2, 0.25) is 10.0 Å². The maximum Gasteiger partial charge on any atom is 0.275 e. The zero-order valence-corrected chi connectivity index (χ0v) is 16.1. The van der Waals surface area contributed by atoms with Crippen molar-refractivity contribution in [3.63, 3.8) is 0 Å². The van der Waals surface area contributed by atoms with E-state index in [1.165, 1.54) is 7.11 Å². The van der Waals surface area contributed by atoms with Crippen LogP contribution >= 0.6 is 23.2 Å². The van der Waals surface area contributed by atoms with Gasteiger partial charge in [0.25, 0.3) is 5.91 Å². The van der Waals surface area contributed by atoms with Gasteiger partial charge >= 0.3 is 0 Å². The predicted octanol–water partition coefficient (Wildman–Crippen LogP) is 5.32. The van der Waals surface area contributed by atoms with Crippen molar-refractivity contribution in [3.8, 4) is 0 Å². The lowest BCUT2D eigenvalue weighted by atomic mass is 10.00. The van der Waals surface area contributed by atoms with Gasteiger partial charge in [0.1, 0.15) is 0 Å². The lowest BCUT2D eigenvalue weighted by Crippen LogP contribution is -2.23.